The summed E-state index contributed by atoms with van der Waals surface area (Å²) in [5.74, 6) is -1.12. The molecule has 1 amide bonds. The van der Waals surface area contributed by atoms with Crippen molar-refractivity contribution in [3.05, 3.63) is 98.3 Å². The minimum Gasteiger partial charge on any atom is -0.506 e. The lowest BCUT2D eigenvalue weighted by molar-refractivity contribution is -0.384. The zero-order chi connectivity index (χ0) is 29.5. The Morgan fingerprint density at radius 3 is 2.51 bits per heavy atom. The minimum atomic E-state index is -4.16. The highest BCUT2D eigenvalue weighted by Gasteiger charge is 2.30. The average molecular weight is 576 g/mol. The second-order valence-electron chi connectivity index (χ2n) is 9.89. The van der Waals surface area contributed by atoms with Crippen molar-refractivity contribution in [2.75, 3.05) is 10.6 Å². The highest BCUT2D eigenvalue weighted by Crippen LogP contribution is 2.33. The summed E-state index contributed by atoms with van der Waals surface area (Å²) in [6, 6.07) is 15.8. The topological polar surface area (TPSA) is 173 Å². The fraction of sp³-hybridized carbons (Fsp3) is 0.179. The highest BCUT2D eigenvalue weighted by atomic mass is 32.2. The van der Waals surface area contributed by atoms with Crippen molar-refractivity contribution in [3.8, 4) is 5.75 Å². The van der Waals surface area contributed by atoms with Crippen molar-refractivity contribution in [1.29, 1.82) is 0 Å². The number of anilines is 2. The summed E-state index contributed by atoms with van der Waals surface area (Å²) in [6.45, 7) is 4.28. The number of nitrogens with zero attached hydrogens (tertiary/aromatic N) is 3. The van der Waals surface area contributed by atoms with E-state index in [-0.39, 0.29) is 56.8 Å². The lowest BCUT2D eigenvalue weighted by Gasteiger charge is -2.21. The van der Waals surface area contributed by atoms with Gasteiger partial charge in [0.15, 0.2) is 5.84 Å². The van der Waals surface area contributed by atoms with Crippen molar-refractivity contribution in [1.82, 2.24) is 4.57 Å². The third-order valence-electron chi connectivity index (χ3n) is 6.63. The molecule has 1 aliphatic rings. The zero-order valence-corrected chi connectivity index (χ0v) is 22.8. The van der Waals surface area contributed by atoms with Crippen molar-refractivity contribution in [3.63, 3.8) is 0 Å². The monoisotopic (exact) mass is 575 g/mol. The van der Waals surface area contributed by atoms with Gasteiger partial charge in [0.25, 0.3) is 27.2 Å². The number of pyridine rings is 1. The molecule has 2 heterocycles. The molecule has 0 bridgehead atoms. The number of aromatic nitrogens is 1. The molecule has 0 unspecified atom stereocenters. The smallest absolute Gasteiger partial charge is 0.286 e. The van der Waals surface area contributed by atoms with Gasteiger partial charge in [0.2, 0.25) is 0 Å². The number of non-ortho nitro benzene ring substituents is 1. The molecule has 41 heavy (non-hydrogen) atoms. The molecule has 5 rings (SSSR count). The number of carbonyl (C=O) groups excluding carboxylic acids is 1. The number of benzene rings is 3. The first-order valence-electron chi connectivity index (χ1n) is 12.6. The van der Waals surface area contributed by atoms with Gasteiger partial charge in [0.1, 0.15) is 16.2 Å². The zero-order valence-electron chi connectivity index (χ0n) is 22.0. The molecule has 13 heteroatoms. The van der Waals surface area contributed by atoms with Gasteiger partial charge >= 0.3 is 0 Å². The Labute approximate surface area is 234 Å². The van der Waals surface area contributed by atoms with Crippen molar-refractivity contribution >= 4 is 49.7 Å². The number of hydrogen-bond donors (Lipinski definition) is 3. The summed E-state index contributed by atoms with van der Waals surface area (Å²) in [5, 5.41) is 28.0. The van der Waals surface area contributed by atoms with Gasteiger partial charge in [0, 0.05) is 35.3 Å². The largest absolute Gasteiger partial charge is 0.506 e. The van der Waals surface area contributed by atoms with E-state index in [2.05, 4.69) is 15.0 Å². The van der Waals surface area contributed by atoms with E-state index in [1.54, 1.807) is 24.3 Å². The number of fused-ring (bicyclic) bond motifs is 2. The maximum Gasteiger partial charge on any atom is 0.286 e. The predicted octanol–water partition coefficient (Wildman–Crippen LogP) is 4.47. The number of amidine groups is 1. The Balaban J connectivity index is 1.62. The van der Waals surface area contributed by atoms with Crippen LogP contribution in [0.3, 0.4) is 0 Å². The number of para-hydroxylation sites is 1. The fourth-order valence-electron chi connectivity index (χ4n) is 4.50. The Morgan fingerprint density at radius 2 is 1.83 bits per heavy atom. The SMILES string of the molecule is CC(C)CCn1c(=O)c(C2=NS(=O)(=O)c3ccccc3N2)c(O)c2cc(NC(=O)c3ccc([N+](=O)[O-])cc3)ccc21. The summed E-state index contributed by atoms with van der Waals surface area (Å²) < 4.78 is 31.1. The van der Waals surface area contributed by atoms with Gasteiger partial charge in [-0.15, -0.1) is 4.40 Å². The third-order valence-corrected chi connectivity index (χ3v) is 7.97. The van der Waals surface area contributed by atoms with Crippen LogP contribution >= 0.6 is 0 Å². The van der Waals surface area contributed by atoms with Crippen molar-refractivity contribution in [2.45, 2.75) is 31.7 Å². The molecule has 1 aliphatic heterocycles. The Morgan fingerprint density at radius 1 is 1.12 bits per heavy atom. The normalized spacial score (nSPS) is 13.8. The number of aryl methyl sites for hydroxylation is 1. The second kappa shape index (κ2) is 10.5. The molecule has 0 fully saturated rings. The van der Waals surface area contributed by atoms with Crippen LogP contribution in [0.5, 0.6) is 5.75 Å². The van der Waals surface area contributed by atoms with E-state index in [4.69, 9.17) is 0 Å². The van der Waals surface area contributed by atoms with Crippen LogP contribution in [0.2, 0.25) is 0 Å². The summed E-state index contributed by atoms with van der Waals surface area (Å²) in [4.78, 5) is 36.8. The van der Waals surface area contributed by atoms with Crippen LogP contribution in [-0.2, 0) is 16.6 Å². The molecule has 0 atom stereocenters. The number of sulfonamides is 1. The number of nitrogens with one attached hydrogen (secondary N) is 2. The van der Waals surface area contributed by atoms with Crippen LogP contribution in [0, 0.1) is 16.0 Å². The van der Waals surface area contributed by atoms with Gasteiger partial charge in [-0.2, -0.15) is 8.42 Å². The number of hydrogen-bond acceptors (Lipinski definition) is 8. The number of nitro groups is 1. The van der Waals surface area contributed by atoms with E-state index in [1.165, 1.54) is 47.0 Å². The molecule has 12 nitrogen and oxygen atoms in total. The van der Waals surface area contributed by atoms with Crippen LogP contribution in [0.4, 0.5) is 17.1 Å². The van der Waals surface area contributed by atoms with E-state index < -0.39 is 32.2 Å². The molecule has 210 valence electrons. The third kappa shape index (κ3) is 5.26. The number of rotatable bonds is 7. The molecule has 0 radical (unpaired) electrons. The van der Waals surface area contributed by atoms with Crippen LogP contribution in [0.1, 0.15) is 36.2 Å². The van der Waals surface area contributed by atoms with Gasteiger partial charge in [0.05, 0.1) is 16.1 Å². The van der Waals surface area contributed by atoms with Gasteiger partial charge < -0.3 is 20.3 Å². The Bertz CT molecular complexity index is 1910. The molecule has 0 saturated carbocycles. The van der Waals surface area contributed by atoms with E-state index in [1.807, 2.05) is 13.8 Å². The van der Waals surface area contributed by atoms with Crippen LogP contribution in [-0.4, -0.2) is 34.8 Å². The maximum atomic E-state index is 13.7. The minimum absolute atomic E-state index is 0.0552. The molecule has 1 aromatic heterocycles. The highest BCUT2D eigenvalue weighted by molar-refractivity contribution is 7.90. The van der Waals surface area contributed by atoms with Gasteiger partial charge in [-0.25, -0.2) is 0 Å². The van der Waals surface area contributed by atoms with Crippen molar-refractivity contribution < 1.29 is 23.2 Å². The fourth-order valence-corrected chi connectivity index (χ4v) is 5.63. The molecule has 3 N–H and O–H groups in total. The van der Waals surface area contributed by atoms with Crippen LogP contribution in [0.25, 0.3) is 10.9 Å². The van der Waals surface area contributed by atoms with Gasteiger partial charge in [-0.1, -0.05) is 26.0 Å². The summed E-state index contributed by atoms with van der Waals surface area (Å²) in [6.07, 6.45) is 0.624. The molecule has 4 aromatic rings. The first kappa shape index (κ1) is 27.5. The lowest BCUT2D eigenvalue weighted by Crippen LogP contribution is -2.33. The average Bonchev–Trinajstić information content (AvgIpc) is 2.93. The molecule has 0 saturated heterocycles. The molecule has 3 aromatic carbocycles. The van der Waals surface area contributed by atoms with E-state index >= 15 is 0 Å². The summed E-state index contributed by atoms with van der Waals surface area (Å²) in [7, 11) is -4.16. The number of amides is 1. The number of aromatic hydroxyl groups is 1. The summed E-state index contributed by atoms with van der Waals surface area (Å²) >= 11 is 0. The summed E-state index contributed by atoms with van der Waals surface area (Å²) in [5.41, 5.74) is -0.0655. The van der Waals surface area contributed by atoms with Crippen molar-refractivity contribution in [2.24, 2.45) is 10.3 Å². The van der Waals surface area contributed by atoms with Crippen LogP contribution in [0.15, 0.2) is 80.8 Å². The second-order valence-corrected chi connectivity index (χ2v) is 11.5. The number of nitro benzene ring substituents is 1. The first-order chi connectivity index (χ1) is 19.5. The first-order valence-corrected chi connectivity index (χ1v) is 14.1. The van der Waals surface area contributed by atoms with Crippen LogP contribution < -0.4 is 16.2 Å². The van der Waals surface area contributed by atoms with E-state index in [9.17, 15) is 33.2 Å². The molecular weight excluding hydrogens is 550 g/mol. The van der Waals surface area contributed by atoms with E-state index in [0.717, 1.165) is 0 Å². The Hall–Kier alpha value is -5.04. The molecular formula is C28H25N5O7S. The quantitative estimate of drug-likeness (QED) is 0.214. The molecule has 0 spiro atoms. The van der Waals surface area contributed by atoms with Gasteiger partial charge in [-0.05, 0) is 54.8 Å². The lowest BCUT2D eigenvalue weighted by atomic mass is 10.1. The maximum absolute atomic E-state index is 13.7. The number of carbonyl (C=O) groups is 1. The van der Waals surface area contributed by atoms with E-state index in [0.29, 0.717) is 11.9 Å². The Kier molecular flexibility index (Phi) is 7.05. The van der Waals surface area contributed by atoms with Gasteiger partial charge in [-0.3, -0.25) is 19.7 Å². The standard InChI is InChI=1S/C28H25N5O7S/c1-16(2)13-14-32-22-12-9-18(29-27(35)17-7-10-19(11-8-17)33(37)38)15-20(22)25(34)24(28(32)36)26-30-21-5-3-4-6-23(21)41(39,40)31-26/h3-12,15-16,34H,13-14H2,1-2H3,(H,29,35)(H,30,31). The molecule has 0 aliphatic carbocycles. The predicted molar refractivity (Wildman–Crippen MR) is 154 cm³/mol.